The Morgan fingerprint density at radius 3 is 2.77 bits per heavy atom. The molecule has 6 heteroatoms. The van der Waals surface area contributed by atoms with Crippen LogP contribution in [0.5, 0.6) is 0 Å². The molecule has 1 fully saturated rings. The van der Waals surface area contributed by atoms with Crippen molar-refractivity contribution < 1.29 is 19.6 Å². The number of ether oxygens (including phenoxy) is 1. The summed E-state index contributed by atoms with van der Waals surface area (Å²) in [5.74, 6) is -1.47. The van der Waals surface area contributed by atoms with E-state index in [-0.39, 0.29) is 13.2 Å². The Kier molecular flexibility index (Phi) is 2.82. The van der Waals surface area contributed by atoms with Gasteiger partial charge in [-0.15, -0.1) is 0 Å². The summed E-state index contributed by atoms with van der Waals surface area (Å²) in [5, 5.41) is 19.0. The van der Waals surface area contributed by atoms with Gasteiger partial charge in [0.2, 0.25) is 6.54 Å². The molecule has 0 aromatic carbocycles. The van der Waals surface area contributed by atoms with Gasteiger partial charge in [-0.05, 0) is 0 Å². The first-order chi connectivity index (χ1) is 6.06. The van der Waals surface area contributed by atoms with E-state index < -0.39 is 28.8 Å². The highest BCUT2D eigenvalue weighted by molar-refractivity contribution is 5.74. The van der Waals surface area contributed by atoms with E-state index in [1.165, 1.54) is 0 Å². The van der Waals surface area contributed by atoms with Crippen molar-refractivity contribution in [2.24, 2.45) is 11.8 Å². The van der Waals surface area contributed by atoms with Gasteiger partial charge in [0.05, 0.1) is 18.4 Å². The van der Waals surface area contributed by atoms with Gasteiger partial charge in [0.1, 0.15) is 6.10 Å². The Balaban J connectivity index is 2.67. The molecule has 1 rings (SSSR count). The molecule has 1 N–H and O–H groups in total. The molecule has 6 nitrogen and oxygen atoms in total. The molecule has 0 radical (unpaired) electrons. The van der Waals surface area contributed by atoms with Gasteiger partial charge in [-0.3, -0.25) is 14.9 Å². The van der Waals surface area contributed by atoms with E-state index in [2.05, 4.69) is 0 Å². The Morgan fingerprint density at radius 1 is 1.69 bits per heavy atom. The molecule has 3 atom stereocenters. The van der Waals surface area contributed by atoms with E-state index in [1.807, 2.05) is 0 Å². The number of nitro groups is 1. The Bertz CT molecular complexity index is 229. The molecule has 0 aromatic rings. The first-order valence-corrected chi connectivity index (χ1v) is 3.99. The minimum absolute atomic E-state index is 0.335. The smallest absolute Gasteiger partial charge is 0.309 e. The number of rotatable bonds is 3. The number of hydrogen-bond donors (Lipinski definition) is 1. The van der Waals surface area contributed by atoms with E-state index >= 15 is 0 Å². The van der Waals surface area contributed by atoms with Crippen LogP contribution in [-0.4, -0.2) is 35.3 Å². The van der Waals surface area contributed by atoms with Crippen LogP contribution in [0.25, 0.3) is 0 Å². The lowest BCUT2D eigenvalue weighted by Gasteiger charge is -2.12. The molecule has 1 saturated heterocycles. The highest BCUT2D eigenvalue weighted by atomic mass is 16.6. The number of esters is 1. The quantitative estimate of drug-likeness (QED) is 0.365. The van der Waals surface area contributed by atoms with Crippen LogP contribution in [0, 0.1) is 22.0 Å². The van der Waals surface area contributed by atoms with Gasteiger partial charge in [-0.2, -0.15) is 0 Å². The average Bonchev–Trinajstić information content (AvgIpc) is 2.31. The number of aliphatic hydroxyl groups excluding tert-OH is 1. The van der Waals surface area contributed by atoms with Gasteiger partial charge in [-0.1, -0.05) is 6.92 Å². The minimum Gasteiger partial charge on any atom is -0.459 e. The fraction of sp³-hybridized carbons (Fsp3) is 0.857. The van der Waals surface area contributed by atoms with Crippen molar-refractivity contribution in [2.45, 2.75) is 13.0 Å². The second-order valence-electron chi connectivity index (χ2n) is 3.13. The number of carbonyl (C=O) groups excluding carboxylic acids is 1. The maximum Gasteiger partial charge on any atom is 0.309 e. The number of cyclic esters (lactones) is 1. The molecule has 0 amide bonds. The van der Waals surface area contributed by atoms with Crippen molar-refractivity contribution in [3.8, 4) is 0 Å². The Hall–Kier alpha value is -1.17. The van der Waals surface area contributed by atoms with Gasteiger partial charge in [0.25, 0.3) is 0 Å². The molecule has 0 spiro atoms. The monoisotopic (exact) mass is 189 g/mol. The average molecular weight is 189 g/mol. The molecule has 0 unspecified atom stereocenters. The van der Waals surface area contributed by atoms with Crippen LogP contribution >= 0.6 is 0 Å². The van der Waals surface area contributed by atoms with E-state index in [9.17, 15) is 14.9 Å². The van der Waals surface area contributed by atoms with E-state index in [4.69, 9.17) is 9.84 Å². The van der Waals surface area contributed by atoms with Crippen LogP contribution in [0.15, 0.2) is 0 Å². The third-order valence-electron chi connectivity index (χ3n) is 2.30. The number of aliphatic hydroxyl groups is 1. The third-order valence-corrected chi connectivity index (χ3v) is 2.30. The molecule has 1 aliphatic rings. The van der Waals surface area contributed by atoms with Gasteiger partial charge < -0.3 is 9.84 Å². The summed E-state index contributed by atoms with van der Waals surface area (Å²) in [6.07, 6.45) is -0.715. The SMILES string of the molecule is C[C@H]1C(=O)O[C@H](CO)[C@@H]1C[N+](=O)[O-]. The molecule has 0 aliphatic carbocycles. The van der Waals surface area contributed by atoms with Crippen LogP contribution in [0.1, 0.15) is 6.92 Å². The van der Waals surface area contributed by atoms with Gasteiger partial charge in [0.15, 0.2) is 0 Å². The zero-order valence-electron chi connectivity index (χ0n) is 7.17. The van der Waals surface area contributed by atoms with Crippen molar-refractivity contribution >= 4 is 5.97 Å². The van der Waals surface area contributed by atoms with Crippen molar-refractivity contribution in [1.29, 1.82) is 0 Å². The van der Waals surface area contributed by atoms with Crippen LogP contribution < -0.4 is 0 Å². The van der Waals surface area contributed by atoms with Crippen molar-refractivity contribution in [2.75, 3.05) is 13.2 Å². The first kappa shape index (κ1) is 9.91. The maximum atomic E-state index is 11.0. The number of carbonyl (C=O) groups is 1. The van der Waals surface area contributed by atoms with E-state index in [0.717, 1.165) is 0 Å². The number of hydrogen-bond acceptors (Lipinski definition) is 5. The van der Waals surface area contributed by atoms with E-state index in [0.29, 0.717) is 0 Å². The molecule has 0 saturated carbocycles. The van der Waals surface area contributed by atoms with Crippen molar-refractivity contribution in [3.63, 3.8) is 0 Å². The lowest BCUT2D eigenvalue weighted by atomic mass is 9.92. The molecule has 0 aromatic heterocycles. The van der Waals surface area contributed by atoms with Crippen molar-refractivity contribution in [3.05, 3.63) is 10.1 Å². The van der Waals surface area contributed by atoms with Crippen LogP contribution in [0.4, 0.5) is 0 Å². The van der Waals surface area contributed by atoms with Crippen LogP contribution in [-0.2, 0) is 9.53 Å². The predicted molar refractivity (Wildman–Crippen MR) is 41.5 cm³/mol. The van der Waals surface area contributed by atoms with E-state index in [1.54, 1.807) is 6.92 Å². The summed E-state index contributed by atoms with van der Waals surface area (Å²) in [6, 6.07) is 0. The second-order valence-corrected chi connectivity index (χ2v) is 3.13. The molecular formula is C7H11NO5. The first-order valence-electron chi connectivity index (χ1n) is 3.99. The molecule has 0 bridgehead atoms. The predicted octanol–water partition coefficient (Wildman–Crippen LogP) is -0.567. The normalized spacial score (nSPS) is 33.1. The summed E-state index contributed by atoms with van der Waals surface area (Å²) in [6.45, 7) is 0.888. The topological polar surface area (TPSA) is 89.7 Å². The van der Waals surface area contributed by atoms with Crippen LogP contribution in [0.2, 0.25) is 0 Å². The highest BCUT2D eigenvalue weighted by Crippen LogP contribution is 2.27. The summed E-state index contributed by atoms with van der Waals surface area (Å²) < 4.78 is 4.74. The summed E-state index contributed by atoms with van der Waals surface area (Å²) in [7, 11) is 0. The van der Waals surface area contributed by atoms with Gasteiger partial charge >= 0.3 is 5.97 Å². The fourth-order valence-corrected chi connectivity index (χ4v) is 1.46. The second kappa shape index (κ2) is 3.69. The molecule has 1 heterocycles. The fourth-order valence-electron chi connectivity index (χ4n) is 1.46. The van der Waals surface area contributed by atoms with Crippen LogP contribution in [0.3, 0.4) is 0 Å². The zero-order valence-corrected chi connectivity index (χ0v) is 7.17. The highest BCUT2D eigenvalue weighted by Gasteiger charge is 2.44. The Labute approximate surface area is 74.6 Å². The lowest BCUT2D eigenvalue weighted by Crippen LogP contribution is -2.29. The summed E-state index contributed by atoms with van der Waals surface area (Å²) in [4.78, 5) is 20.7. The molecule has 74 valence electrons. The third kappa shape index (κ3) is 1.95. The van der Waals surface area contributed by atoms with Crippen molar-refractivity contribution in [1.82, 2.24) is 0 Å². The lowest BCUT2D eigenvalue weighted by molar-refractivity contribution is -0.490. The molecular weight excluding hydrogens is 178 g/mol. The summed E-state index contributed by atoms with van der Waals surface area (Å²) >= 11 is 0. The minimum atomic E-state index is -0.715. The standard InChI is InChI=1S/C7H11NO5/c1-4-5(2-8(11)12)6(3-9)13-7(4)10/h4-6,9H,2-3H2,1H3/t4-,5-,6-/m1/s1. The molecule has 1 aliphatic heterocycles. The molecule has 13 heavy (non-hydrogen) atoms. The van der Waals surface area contributed by atoms with Gasteiger partial charge in [0, 0.05) is 4.92 Å². The maximum absolute atomic E-state index is 11.0. The zero-order chi connectivity index (χ0) is 10.0. The largest absolute Gasteiger partial charge is 0.459 e. The Morgan fingerprint density at radius 2 is 2.31 bits per heavy atom. The number of nitrogens with zero attached hydrogens (tertiary/aromatic N) is 1. The summed E-state index contributed by atoms with van der Waals surface area (Å²) in [5.41, 5.74) is 0. The van der Waals surface area contributed by atoms with Gasteiger partial charge in [-0.25, -0.2) is 0 Å².